The van der Waals surface area contributed by atoms with Gasteiger partial charge >= 0.3 is 0 Å². The Balaban J connectivity index is 1.62. The molecule has 1 heterocycles. The van der Waals surface area contributed by atoms with E-state index < -0.39 is 0 Å². The fourth-order valence-corrected chi connectivity index (χ4v) is 2.97. The number of methoxy groups -OCH3 is 1. The van der Waals surface area contributed by atoms with Gasteiger partial charge in [-0.2, -0.15) is 4.98 Å². The SMILES string of the molecule is COc1ccc(F)cc1CSCc1noc(-c2ccccc2)n1. The molecular formula is C17H15FN2O2S. The number of ether oxygens (including phenoxy) is 1. The molecule has 118 valence electrons. The van der Waals surface area contributed by atoms with Crippen LogP contribution in [-0.2, 0) is 11.5 Å². The number of halogens is 1. The van der Waals surface area contributed by atoms with E-state index in [1.54, 1.807) is 24.9 Å². The second kappa shape index (κ2) is 7.28. The largest absolute Gasteiger partial charge is 0.496 e. The fourth-order valence-electron chi connectivity index (χ4n) is 2.12. The molecule has 0 aliphatic carbocycles. The van der Waals surface area contributed by atoms with Gasteiger partial charge in [0, 0.05) is 16.9 Å². The Labute approximate surface area is 137 Å². The molecule has 0 spiro atoms. The van der Waals surface area contributed by atoms with E-state index in [2.05, 4.69) is 10.1 Å². The van der Waals surface area contributed by atoms with Crippen LogP contribution in [0.2, 0.25) is 0 Å². The number of aromatic nitrogens is 2. The number of nitrogens with zero attached hydrogens (tertiary/aromatic N) is 2. The van der Waals surface area contributed by atoms with E-state index >= 15 is 0 Å². The molecule has 0 aliphatic rings. The van der Waals surface area contributed by atoms with Crippen LogP contribution in [-0.4, -0.2) is 17.3 Å². The molecule has 0 unspecified atom stereocenters. The van der Waals surface area contributed by atoms with Crippen molar-refractivity contribution in [1.29, 1.82) is 0 Å². The monoisotopic (exact) mass is 330 g/mol. The summed E-state index contributed by atoms with van der Waals surface area (Å²) < 4.78 is 23.8. The lowest BCUT2D eigenvalue weighted by Crippen LogP contribution is -1.92. The van der Waals surface area contributed by atoms with Crippen LogP contribution in [0, 0.1) is 5.82 Å². The van der Waals surface area contributed by atoms with E-state index in [0.29, 0.717) is 29.0 Å². The minimum atomic E-state index is -0.271. The lowest BCUT2D eigenvalue weighted by atomic mass is 10.2. The van der Waals surface area contributed by atoms with E-state index in [9.17, 15) is 4.39 Å². The van der Waals surface area contributed by atoms with E-state index in [4.69, 9.17) is 9.26 Å². The predicted molar refractivity (Wildman–Crippen MR) is 87.7 cm³/mol. The van der Waals surface area contributed by atoms with E-state index in [-0.39, 0.29) is 5.82 Å². The molecule has 6 heteroatoms. The van der Waals surface area contributed by atoms with Gasteiger partial charge < -0.3 is 9.26 Å². The second-order valence-electron chi connectivity index (χ2n) is 4.83. The molecule has 4 nitrogen and oxygen atoms in total. The molecule has 1 aromatic heterocycles. The quantitative estimate of drug-likeness (QED) is 0.674. The number of rotatable bonds is 6. The number of thioether (sulfide) groups is 1. The molecule has 0 N–H and O–H groups in total. The summed E-state index contributed by atoms with van der Waals surface area (Å²) >= 11 is 1.57. The molecule has 0 bridgehead atoms. The Kier molecular flexibility index (Phi) is 4.92. The minimum absolute atomic E-state index is 0.271. The third-order valence-electron chi connectivity index (χ3n) is 3.22. The molecular weight excluding hydrogens is 315 g/mol. The highest BCUT2D eigenvalue weighted by atomic mass is 32.2. The molecule has 0 saturated heterocycles. The molecule has 2 aromatic carbocycles. The lowest BCUT2D eigenvalue weighted by molar-refractivity contribution is 0.410. The zero-order valence-corrected chi connectivity index (χ0v) is 13.3. The molecule has 0 fully saturated rings. The van der Waals surface area contributed by atoms with Gasteiger partial charge in [0.2, 0.25) is 0 Å². The van der Waals surface area contributed by atoms with Gasteiger partial charge in [-0.3, -0.25) is 0 Å². The van der Waals surface area contributed by atoms with Crippen molar-refractivity contribution >= 4 is 11.8 Å². The van der Waals surface area contributed by atoms with Crippen LogP contribution in [0.4, 0.5) is 4.39 Å². The number of benzene rings is 2. The van der Waals surface area contributed by atoms with Crippen LogP contribution in [0.15, 0.2) is 53.1 Å². The normalized spacial score (nSPS) is 10.7. The zero-order valence-electron chi connectivity index (χ0n) is 12.5. The van der Waals surface area contributed by atoms with E-state index in [0.717, 1.165) is 11.1 Å². The third-order valence-corrected chi connectivity index (χ3v) is 4.20. The maximum Gasteiger partial charge on any atom is 0.257 e. The van der Waals surface area contributed by atoms with Gasteiger partial charge in [-0.25, -0.2) is 4.39 Å². The van der Waals surface area contributed by atoms with Crippen LogP contribution >= 0.6 is 11.8 Å². The maximum absolute atomic E-state index is 13.3. The van der Waals surface area contributed by atoms with Crippen molar-refractivity contribution in [3.8, 4) is 17.2 Å². The molecule has 3 rings (SSSR count). The van der Waals surface area contributed by atoms with E-state index in [1.165, 1.54) is 12.1 Å². The van der Waals surface area contributed by atoms with Crippen LogP contribution in [0.5, 0.6) is 5.75 Å². The first kappa shape index (κ1) is 15.6. The molecule has 0 radical (unpaired) electrons. The summed E-state index contributed by atoms with van der Waals surface area (Å²) in [5.74, 6) is 2.71. The van der Waals surface area contributed by atoms with Crippen molar-refractivity contribution in [3.05, 3.63) is 65.7 Å². The second-order valence-corrected chi connectivity index (χ2v) is 5.82. The maximum atomic E-state index is 13.3. The fraction of sp³-hybridized carbons (Fsp3) is 0.176. The summed E-state index contributed by atoms with van der Waals surface area (Å²) in [6, 6.07) is 14.1. The lowest BCUT2D eigenvalue weighted by Gasteiger charge is -2.07. The minimum Gasteiger partial charge on any atom is -0.496 e. The Morgan fingerprint density at radius 3 is 2.74 bits per heavy atom. The summed E-state index contributed by atoms with van der Waals surface area (Å²) in [5.41, 5.74) is 1.70. The molecule has 0 amide bonds. The van der Waals surface area contributed by atoms with Crippen LogP contribution in [0.3, 0.4) is 0 Å². The first-order valence-electron chi connectivity index (χ1n) is 7.04. The van der Waals surface area contributed by atoms with Crippen molar-refractivity contribution in [2.24, 2.45) is 0 Å². The summed E-state index contributed by atoms with van der Waals surface area (Å²) in [5, 5.41) is 3.97. The first-order chi connectivity index (χ1) is 11.3. The third kappa shape index (κ3) is 3.90. The number of hydrogen-bond donors (Lipinski definition) is 0. The smallest absolute Gasteiger partial charge is 0.257 e. The van der Waals surface area contributed by atoms with Gasteiger partial charge in [0.05, 0.1) is 12.9 Å². The summed E-state index contributed by atoms with van der Waals surface area (Å²) in [6.07, 6.45) is 0. The van der Waals surface area contributed by atoms with Gasteiger partial charge in [0.25, 0.3) is 5.89 Å². The summed E-state index contributed by atoms with van der Waals surface area (Å²) in [6.45, 7) is 0. The highest BCUT2D eigenvalue weighted by Crippen LogP contribution is 2.26. The topological polar surface area (TPSA) is 48.2 Å². The van der Waals surface area contributed by atoms with Gasteiger partial charge in [-0.15, -0.1) is 11.8 Å². The zero-order chi connectivity index (χ0) is 16.1. The first-order valence-corrected chi connectivity index (χ1v) is 8.20. The van der Waals surface area contributed by atoms with Crippen molar-refractivity contribution in [2.75, 3.05) is 7.11 Å². The molecule has 23 heavy (non-hydrogen) atoms. The van der Waals surface area contributed by atoms with Gasteiger partial charge in [0.15, 0.2) is 5.82 Å². The standard InChI is InChI=1S/C17H15FN2O2S/c1-21-15-8-7-14(18)9-13(15)10-23-11-16-19-17(22-20-16)12-5-3-2-4-6-12/h2-9H,10-11H2,1H3. The summed E-state index contributed by atoms with van der Waals surface area (Å²) in [7, 11) is 1.58. The Morgan fingerprint density at radius 2 is 1.96 bits per heavy atom. The average molecular weight is 330 g/mol. The van der Waals surface area contributed by atoms with Crippen molar-refractivity contribution in [3.63, 3.8) is 0 Å². The Hall–Kier alpha value is -2.34. The Morgan fingerprint density at radius 1 is 1.13 bits per heavy atom. The Bertz CT molecular complexity index is 777. The van der Waals surface area contributed by atoms with Gasteiger partial charge in [-0.05, 0) is 30.3 Å². The van der Waals surface area contributed by atoms with Gasteiger partial charge in [0.1, 0.15) is 11.6 Å². The molecule has 0 atom stereocenters. The van der Waals surface area contributed by atoms with Crippen LogP contribution in [0.1, 0.15) is 11.4 Å². The number of hydrogen-bond acceptors (Lipinski definition) is 5. The van der Waals surface area contributed by atoms with Crippen LogP contribution in [0.25, 0.3) is 11.5 Å². The highest BCUT2D eigenvalue weighted by Gasteiger charge is 2.10. The average Bonchev–Trinajstić information content (AvgIpc) is 3.05. The molecule has 0 saturated carbocycles. The summed E-state index contributed by atoms with van der Waals surface area (Å²) in [4.78, 5) is 4.37. The highest BCUT2D eigenvalue weighted by molar-refractivity contribution is 7.97. The van der Waals surface area contributed by atoms with E-state index in [1.807, 2.05) is 30.3 Å². The van der Waals surface area contributed by atoms with Crippen molar-refractivity contribution in [2.45, 2.75) is 11.5 Å². The van der Waals surface area contributed by atoms with Crippen molar-refractivity contribution < 1.29 is 13.7 Å². The van der Waals surface area contributed by atoms with Crippen molar-refractivity contribution in [1.82, 2.24) is 10.1 Å². The molecule has 3 aromatic rings. The predicted octanol–water partition coefficient (Wildman–Crippen LogP) is 4.32. The molecule has 0 aliphatic heterocycles. The van der Waals surface area contributed by atoms with Crippen LogP contribution < -0.4 is 4.74 Å². The van der Waals surface area contributed by atoms with Gasteiger partial charge in [-0.1, -0.05) is 23.4 Å².